The second kappa shape index (κ2) is 5.13. The van der Waals surface area contributed by atoms with Crippen molar-refractivity contribution in [3.63, 3.8) is 0 Å². The van der Waals surface area contributed by atoms with Gasteiger partial charge in [-0.05, 0) is 32.0 Å². The molecule has 0 radical (unpaired) electrons. The molecule has 0 saturated carbocycles. The fraction of sp³-hybridized carbons (Fsp3) is 0.308. The third-order valence-electron chi connectivity index (χ3n) is 2.95. The molecule has 7 heteroatoms. The first-order valence-electron chi connectivity index (χ1n) is 5.99. The smallest absolute Gasteiger partial charge is 0.332 e. The van der Waals surface area contributed by atoms with E-state index in [0.717, 1.165) is 9.13 Å². The highest BCUT2D eigenvalue weighted by atomic mass is 35.5. The molecular weight excluding hydrogens is 284 g/mol. The van der Waals surface area contributed by atoms with E-state index < -0.39 is 23.8 Å². The number of rotatable bonds is 3. The Labute approximate surface area is 118 Å². The van der Waals surface area contributed by atoms with Crippen molar-refractivity contribution in [2.45, 2.75) is 26.4 Å². The van der Waals surface area contributed by atoms with Gasteiger partial charge in [-0.3, -0.25) is 18.7 Å². The van der Waals surface area contributed by atoms with Gasteiger partial charge in [0.15, 0.2) is 0 Å². The van der Waals surface area contributed by atoms with Gasteiger partial charge in [0.05, 0.1) is 10.9 Å². The monoisotopic (exact) mass is 296 g/mol. The molecule has 0 unspecified atom stereocenters. The van der Waals surface area contributed by atoms with Crippen molar-refractivity contribution in [2.75, 3.05) is 0 Å². The highest BCUT2D eigenvalue weighted by molar-refractivity contribution is 6.31. The Morgan fingerprint density at radius 1 is 1.35 bits per heavy atom. The zero-order valence-corrected chi connectivity index (χ0v) is 11.7. The average molecular weight is 297 g/mol. The predicted molar refractivity (Wildman–Crippen MR) is 75.5 cm³/mol. The molecule has 1 heterocycles. The van der Waals surface area contributed by atoms with Gasteiger partial charge in [-0.2, -0.15) is 0 Å². The predicted octanol–water partition coefficient (Wildman–Crippen LogP) is 1.48. The number of benzene rings is 1. The van der Waals surface area contributed by atoms with Crippen molar-refractivity contribution in [3.05, 3.63) is 44.1 Å². The summed E-state index contributed by atoms with van der Waals surface area (Å²) in [6.07, 6.45) is 0. The van der Waals surface area contributed by atoms with E-state index in [2.05, 4.69) is 0 Å². The van der Waals surface area contributed by atoms with Gasteiger partial charge in [0.1, 0.15) is 6.54 Å². The van der Waals surface area contributed by atoms with E-state index in [-0.39, 0.29) is 16.9 Å². The Kier molecular flexibility index (Phi) is 3.67. The molecule has 1 aromatic carbocycles. The molecule has 2 aromatic rings. The van der Waals surface area contributed by atoms with Crippen molar-refractivity contribution in [1.29, 1.82) is 0 Å². The number of halogens is 1. The van der Waals surface area contributed by atoms with Gasteiger partial charge in [-0.25, -0.2) is 4.79 Å². The van der Waals surface area contributed by atoms with Crippen molar-refractivity contribution in [1.82, 2.24) is 9.13 Å². The molecular formula is C13H13ClN2O4. The number of nitrogens with zero attached hydrogens (tertiary/aromatic N) is 2. The highest BCUT2D eigenvalue weighted by Crippen LogP contribution is 2.16. The lowest BCUT2D eigenvalue weighted by molar-refractivity contribution is -0.137. The van der Waals surface area contributed by atoms with Gasteiger partial charge in [0, 0.05) is 11.1 Å². The molecule has 6 nitrogen and oxygen atoms in total. The Balaban J connectivity index is 2.99. The number of fused-ring (bicyclic) bond motifs is 1. The lowest BCUT2D eigenvalue weighted by Gasteiger charge is -2.15. The van der Waals surface area contributed by atoms with Crippen LogP contribution >= 0.6 is 11.6 Å². The molecule has 0 atom stereocenters. The number of hydrogen-bond acceptors (Lipinski definition) is 3. The molecule has 1 aromatic heterocycles. The van der Waals surface area contributed by atoms with Gasteiger partial charge in [0.2, 0.25) is 0 Å². The molecule has 0 saturated heterocycles. The van der Waals surface area contributed by atoms with Crippen molar-refractivity contribution >= 4 is 28.5 Å². The first kappa shape index (κ1) is 14.3. The summed E-state index contributed by atoms with van der Waals surface area (Å²) in [7, 11) is 0. The number of carboxylic acid groups (broad SMARTS) is 1. The highest BCUT2D eigenvalue weighted by Gasteiger charge is 2.16. The molecule has 2 rings (SSSR count). The van der Waals surface area contributed by atoms with E-state index in [1.165, 1.54) is 18.2 Å². The first-order chi connectivity index (χ1) is 9.32. The molecule has 0 aliphatic heterocycles. The van der Waals surface area contributed by atoms with Crippen LogP contribution < -0.4 is 11.2 Å². The minimum absolute atomic E-state index is 0.229. The summed E-state index contributed by atoms with van der Waals surface area (Å²) in [6.45, 7) is 2.86. The van der Waals surface area contributed by atoms with Crippen molar-refractivity contribution < 1.29 is 9.90 Å². The zero-order chi connectivity index (χ0) is 15.0. The molecule has 20 heavy (non-hydrogen) atoms. The molecule has 0 aliphatic carbocycles. The quantitative estimate of drug-likeness (QED) is 0.930. The summed E-state index contributed by atoms with van der Waals surface area (Å²) < 4.78 is 2.09. The number of carboxylic acids is 1. The van der Waals surface area contributed by atoms with Crippen LogP contribution in [0.15, 0.2) is 27.8 Å². The molecule has 0 bridgehead atoms. The van der Waals surface area contributed by atoms with Crippen LogP contribution in [0.3, 0.4) is 0 Å². The van der Waals surface area contributed by atoms with Crippen LogP contribution in [0, 0.1) is 0 Å². The fourth-order valence-electron chi connectivity index (χ4n) is 2.11. The van der Waals surface area contributed by atoms with E-state index in [0.29, 0.717) is 5.02 Å². The van der Waals surface area contributed by atoms with Crippen LogP contribution in [0.4, 0.5) is 0 Å². The van der Waals surface area contributed by atoms with Gasteiger partial charge in [0.25, 0.3) is 5.56 Å². The largest absolute Gasteiger partial charge is 0.480 e. The summed E-state index contributed by atoms with van der Waals surface area (Å²) in [5, 5.41) is 9.51. The summed E-state index contributed by atoms with van der Waals surface area (Å²) >= 11 is 5.87. The molecule has 0 spiro atoms. The summed E-state index contributed by atoms with van der Waals surface area (Å²) in [5.74, 6) is -1.16. The van der Waals surface area contributed by atoms with E-state index in [9.17, 15) is 14.4 Å². The maximum Gasteiger partial charge on any atom is 0.332 e. The van der Waals surface area contributed by atoms with Gasteiger partial charge in [-0.15, -0.1) is 0 Å². The van der Waals surface area contributed by atoms with Crippen LogP contribution in [0.2, 0.25) is 5.02 Å². The van der Waals surface area contributed by atoms with Gasteiger partial charge >= 0.3 is 11.7 Å². The third-order valence-corrected chi connectivity index (χ3v) is 3.18. The summed E-state index contributed by atoms with van der Waals surface area (Å²) in [5.41, 5.74) is -0.838. The van der Waals surface area contributed by atoms with Gasteiger partial charge in [-0.1, -0.05) is 11.6 Å². The first-order valence-corrected chi connectivity index (χ1v) is 6.37. The standard InChI is InChI=1S/C13H13ClN2O4/c1-7(2)16-12(19)9-5-8(14)3-4-10(9)15(13(16)20)6-11(17)18/h3-5,7H,6H2,1-2H3,(H,17,18). The number of carbonyl (C=O) groups is 1. The maximum absolute atomic E-state index is 12.3. The Morgan fingerprint density at radius 2 is 2.00 bits per heavy atom. The Bertz CT molecular complexity index is 804. The molecule has 1 N–H and O–H groups in total. The summed E-state index contributed by atoms with van der Waals surface area (Å²) in [4.78, 5) is 35.5. The van der Waals surface area contributed by atoms with Crippen LogP contribution in [-0.2, 0) is 11.3 Å². The molecule has 0 fully saturated rings. The number of hydrogen-bond donors (Lipinski definition) is 1. The van der Waals surface area contributed by atoms with Crippen LogP contribution in [0.1, 0.15) is 19.9 Å². The number of aromatic nitrogens is 2. The van der Waals surface area contributed by atoms with E-state index in [4.69, 9.17) is 16.7 Å². The Hall–Kier alpha value is -2.08. The second-order valence-electron chi connectivity index (χ2n) is 4.69. The van der Waals surface area contributed by atoms with Crippen molar-refractivity contribution in [2.24, 2.45) is 0 Å². The second-order valence-corrected chi connectivity index (χ2v) is 5.13. The van der Waals surface area contributed by atoms with E-state index in [1.54, 1.807) is 13.8 Å². The molecule has 0 amide bonds. The molecule has 106 valence electrons. The maximum atomic E-state index is 12.3. The Morgan fingerprint density at radius 3 is 2.55 bits per heavy atom. The lowest BCUT2D eigenvalue weighted by Crippen LogP contribution is -2.42. The van der Waals surface area contributed by atoms with Crippen molar-refractivity contribution in [3.8, 4) is 0 Å². The SMILES string of the molecule is CC(C)n1c(=O)c2cc(Cl)ccc2n(CC(=O)O)c1=O. The van der Waals surface area contributed by atoms with E-state index in [1.807, 2.05) is 0 Å². The minimum atomic E-state index is -1.16. The lowest BCUT2D eigenvalue weighted by atomic mass is 10.2. The normalized spacial score (nSPS) is 11.2. The minimum Gasteiger partial charge on any atom is -0.480 e. The van der Waals surface area contributed by atoms with Crippen LogP contribution in [-0.4, -0.2) is 20.2 Å². The average Bonchev–Trinajstić information content (AvgIpc) is 2.34. The van der Waals surface area contributed by atoms with Crippen LogP contribution in [0.5, 0.6) is 0 Å². The number of aliphatic carboxylic acids is 1. The topological polar surface area (TPSA) is 81.3 Å². The van der Waals surface area contributed by atoms with Gasteiger partial charge < -0.3 is 5.11 Å². The summed E-state index contributed by atoms with van der Waals surface area (Å²) in [6, 6.07) is 4.06. The molecule has 0 aliphatic rings. The zero-order valence-electron chi connectivity index (χ0n) is 11.0. The third kappa shape index (κ3) is 2.34. The van der Waals surface area contributed by atoms with E-state index >= 15 is 0 Å². The van der Waals surface area contributed by atoms with Crippen LogP contribution in [0.25, 0.3) is 10.9 Å². The fourth-order valence-corrected chi connectivity index (χ4v) is 2.28.